The summed E-state index contributed by atoms with van der Waals surface area (Å²) < 4.78 is 0. The summed E-state index contributed by atoms with van der Waals surface area (Å²) in [6.07, 6.45) is 2.25. The summed E-state index contributed by atoms with van der Waals surface area (Å²) in [7, 11) is 0. The Morgan fingerprint density at radius 2 is 1.94 bits per heavy atom. The van der Waals surface area contributed by atoms with Crippen molar-refractivity contribution < 1.29 is 19.5 Å². The van der Waals surface area contributed by atoms with Gasteiger partial charge in [0, 0.05) is 19.5 Å². The van der Waals surface area contributed by atoms with Crippen molar-refractivity contribution in [2.45, 2.75) is 32.6 Å². The lowest BCUT2D eigenvalue weighted by atomic mass is 10.2. The third-order valence-corrected chi connectivity index (χ3v) is 2.23. The molecule has 0 unspecified atom stereocenters. The van der Waals surface area contributed by atoms with Crippen LogP contribution >= 0.6 is 0 Å². The van der Waals surface area contributed by atoms with Gasteiger partial charge in [0.2, 0.25) is 5.91 Å². The first kappa shape index (κ1) is 16.2. The summed E-state index contributed by atoms with van der Waals surface area (Å²) in [5, 5.41) is 11.3. The second-order valence-corrected chi connectivity index (χ2v) is 3.97. The minimum Gasteiger partial charge on any atom is -0.480 e. The fourth-order valence-corrected chi connectivity index (χ4v) is 1.42. The lowest BCUT2D eigenvalue weighted by Gasteiger charge is -2.20. The van der Waals surface area contributed by atoms with Gasteiger partial charge in [0.05, 0.1) is 0 Å². The Morgan fingerprint density at radius 3 is 2.44 bits per heavy atom. The van der Waals surface area contributed by atoms with Crippen molar-refractivity contribution >= 4 is 17.9 Å². The average Bonchev–Trinajstić information content (AvgIpc) is 2.26. The van der Waals surface area contributed by atoms with Gasteiger partial charge in [-0.05, 0) is 19.3 Å². The number of carboxylic acid groups (broad SMARTS) is 1. The van der Waals surface area contributed by atoms with Crippen LogP contribution in [0, 0.1) is 0 Å². The number of unbranched alkanes of at least 4 members (excludes halogenated alkanes) is 1. The topological polar surface area (TPSA) is 113 Å². The highest BCUT2D eigenvalue weighted by atomic mass is 16.4. The summed E-state index contributed by atoms with van der Waals surface area (Å²) >= 11 is 0. The highest BCUT2D eigenvalue weighted by Gasteiger charge is 2.14. The number of carbonyl (C=O) groups excluding carboxylic acids is 2. The maximum Gasteiger partial charge on any atom is 0.323 e. The van der Waals surface area contributed by atoms with Gasteiger partial charge in [0.15, 0.2) is 0 Å². The third kappa shape index (κ3) is 8.37. The average molecular weight is 259 g/mol. The number of rotatable bonds is 9. The molecule has 7 heteroatoms. The van der Waals surface area contributed by atoms with E-state index >= 15 is 0 Å². The maximum atomic E-state index is 11.6. The Balaban J connectivity index is 3.87. The molecule has 18 heavy (non-hydrogen) atoms. The smallest absolute Gasteiger partial charge is 0.323 e. The normalized spacial score (nSPS) is 9.83. The summed E-state index contributed by atoms with van der Waals surface area (Å²) in [4.78, 5) is 33.9. The molecule has 0 saturated carbocycles. The summed E-state index contributed by atoms with van der Waals surface area (Å²) in [5.41, 5.74) is 4.98. The summed E-state index contributed by atoms with van der Waals surface area (Å²) in [6.45, 7) is 2.38. The van der Waals surface area contributed by atoms with Crippen molar-refractivity contribution in [2.24, 2.45) is 5.73 Å². The molecule has 104 valence electrons. The van der Waals surface area contributed by atoms with Crippen molar-refractivity contribution in [2.75, 3.05) is 19.6 Å². The van der Waals surface area contributed by atoms with Gasteiger partial charge in [0.1, 0.15) is 6.54 Å². The summed E-state index contributed by atoms with van der Waals surface area (Å²) in [6, 6.07) is -0.390. The zero-order valence-corrected chi connectivity index (χ0v) is 10.6. The van der Waals surface area contributed by atoms with E-state index in [0.717, 1.165) is 0 Å². The minimum atomic E-state index is -1.03. The van der Waals surface area contributed by atoms with Gasteiger partial charge < -0.3 is 21.1 Å². The van der Waals surface area contributed by atoms with E-state index in [1.165, 1.54) is 4.90 Å². The van der Waals surface area contributed by atoms with Crippen LogP contribution in [0.15, 0.2) is 0 Å². The van der Waals surface area contributed by atoms with Crippen LogP contribution < -0.4 is 11.1 Å². The largest absolute Gasteiger partial charge is 0.480 e. The standard InChI is InChI=1S/C11H21N3O4/c1-2-7-14(8-10(16)17)11(18)13-6-4-3-5-9(12)15/h2-8H2,1H3,(H2,12,15)(H,13,18)(H,16,17). The molecular weight excluding hydrogens is 238 g/mol. The molecule has 0 saturated heterocycles. The third-order valence-electron chi connectivity index (χ3n) is 2.23. The molecule has 0 bridgehead atoms. The van der Waals surface area contributed by atoms with Crippen molar-refractivity contribution in [3.05, 3.63) is 0 Å². The Morgan fingerprint density at radius 1 is 1.28 bits per heavy atom. The zero-order valence-electron chi connectivity index (χ0n) is 10.6. The monoisotopic (exact) mass is 259 g/mol. The number of primary amides is 1. The fourth-order valence-electron chi connectivity index (χ4n) is 1.42. The molecule has 4 N–H and O–H groups in total. The minimum absolute atomic E-state index is 0.295. The molecule has 7 nitrogen and oxygen atoms in total. The number of nitrogens with one attached hydrogen (secondary N) is 1. The van der Waals surface area contributed by atoms with E-state index in [1.54, 1.807) is 0 Å². The van der Waals surface area contributed by atoms with Crippen molar-refractivity contribution in [1.29, 1.82) is 0 Å². The number of nitrogens with two attached hydrogens (primary N) is 1. The van der Waals surface area contributed by atoms with E-state index < -0.39 is 12.0 Å². The molecule has 0 atom stereocenters. The number of hydrogen-bond acceptors (Lipinski definition) is 3. The van der Waals surface area contributed by atoms with Crippen LogP contribution in [-0.4, -0.2) is 47.5 Å². The van der Waals surface area contributed by atoms with Crippen LogP contribution in [0.25, 0.3) is 0 Å². The molecule has 0 aliphatic rings. The van der Waals surface area contributed by atoms with Crippen LogP contribution in [0.1, 0.15) is 32.6 Å². The lowest BCUT2D eigenvalue weighted by molar-refractivity contribution is -0.137. The Labute approximate surface area is 106 Å². The summed E-state index contributed by atoms with van der Waals surface area (Å²) in [5.74, 6) is -1.40. The Kier molecular flexibility index (Phi) is 8.34. The molecule has 0 aromatic heterocycles. The van der Waals surface area contributed by atoms with Gasteiger partial charge in [-0.1, -0.05) is 6.92 Å². The van der Waals surface area contributed by atoms with Gasteiger partial charge in [-0.25, -0.2) is 4.79 Å². The highest BCUT2D eigenvalue weighted by Crippen LogP contribution is 1.95. The van der Waals surface area contributed by atoms with Crippen LogP contribution in [-0.2, 0) is 9.59 Å². The first-order chi connectivity index (χ1) is 8.47. The van der Waals surface area contributed by atoms with Gasteiger partial charge in [-0.2, -0.15) is 0 Å². The van der Waals surface area contributed by atoms with E-state index in [-0.39, 0.29) is 12.5 Å². The van der Waals surface area contributed by atoms with Gasteiger partial charge in [-0.15, -0.1) is 0 Å². The number of aliphatic carboxylic acids is 1. The Hall–Kier alpha value is -1.79. The molecule has 0 rings (SSSR count). The zero-order chi connectivity index (χ0) is 14.0. The first-order valence-corrected chi connectivity index (χ1v) is 6.00. The van der Waals surface area contributed by atoms with E-state index in [0.29, 0.717) is 38.8 Å². The number of amides is 3. The predicted octanol–water partition coefficient (Wildman–Crippen LogP) is 0.148. The second-order valence-electron chi connectivity index (χ2n) is 3.97. The van der Waals surface area contributed by atoms with E-state index in [2.05, 4.69) is 5.32 Å². The SMILES string of the molecule is CCCN(CC(=O)O)C(=O)NCCCCC(N)=O. The molecule has 0 spiro atoms. The molecule has 0 aromatic rings. The first-order valence-electron chi connectivity index (χ1n) is 6.00. The molecule has 0 radical (unpaired) electrons. The van der Waals surface area contributed by atoms with Crippen LogP contribution in [0.3, 0.4) is 0 Å². The highest BCUT2D eigenvalue weighted by molar-refractivity contribution is 5.80. The molecule has 0 heterocycles. The van der Waals surface area contributed by atoms with Crippen LogP contribution in [0.4, 0.5) is 4.79 Å². The molecule has 3 amide bonds. The lowest BCUT2D eigenvalue weighted by Crippen LogP contribution is -2.43. The van der Waals surface area contributed by atoms with E-state index in [1.807, 2.05) is 6.92 Å². The van der Waals surface area contributed by atoms with Crippen molar-refractivity contribution in [1.82, 2.24) is 10.2 Å². The molecule has 0 fully saturated rings. The van der Waals surface area contributed by atoms with Gasteiger partial charge in [0.25, 0.3) is 0 Å². The fraction of sp³-hybridized carbons (Fsp3) is 0.727. The number of carbonyl (C=O) groups is 3. The molecule has 0 aliphatic carbocycles. The quantitative estimate of drug-likeness (QED) is 0.511. The number of hydrogen-bond donors (Lipinski definition) is 3. The molecule has 0 aliphatic heterocycles. The molecule has 0 aromatic carbocycles. The van der Waals surface area contributed by atoms with Crippen LogP contribution in [0.5, 0.6) is 0 Å². The van der Waals surface area contributed by atoms with E-state index in [9.17, 15) is 14.4 Å². The van der Waals surface area contributed by atoms with Crippen LogP contribution in [0.2, 0.25) is 0 Å². The number of carboxylic acids is 1. The van der Waals surface area contributed by atoms with Crippen molar-refractivity contribution in [3.63, 3.8) is 0 Å². The van der Waals surface area contributed by atoms with Crippen molar-refractivity contribution in [3.8, 4) is 0 Å². The van der Waals surface area contributed by atoms with Gasteiger partial charge >= 0.3 is 12.0 Å². The van der Waals surface area contributed by atoms with E-state index in [4.69, 9.17) is 10.8 Å². The van der Waals surface area contributed by atoms with Gasteiger partial charge in [-0.3, -0.25) is 9.59 Å². The number of nitrogens with zero attached hydrogens (tertiary/aromatic N) is 1. The number of urea groups is 1. The second kappa shape index (κ2) is 9.26. The predicted molar refractivity (Wildman–Crippen MR) is 65.9 cm³/mol. The molecular formula is C11H21N3O4. The Bertz CT molecular complexity index is 294. The maximum absolute atomic E-state index is 11.6.